The lowest BCUT2D eigenvalue weighted by Gasteiger charge is -2.38. The summed E-state index contributed by atoms with van der Waals surface area (Å²) in [6.45, 7) is 7.90. The van der Waals surface area contributed by atoms with E-state index in [4.69, 9.17) is 4.98 Å². The van der Waals surface area contributed by atoms with E-state index in [0.717, 1.165) is 12.1 Å². The first-order valence-corrected chi connectivity index (χ1v) is 7.15. The highest BCUT2D eigenvalue weighted by Gasteiger charge is 2.35. The lowest BCUT2D eigenvalue weighted by molar-refractivity contribution is 0.172. The van der Waals surface area contributed by atoms with Gasteiger partial charge in [-0.05, 0) is 49.4 Å². The average Bonchev–Trinajstić information content (AvgIpc) is 2.65. The zero-order valence-electron chi connectivity index (χ0n) is 12.3. The van der Waals surface area contributed by atoms with Crippen molar-refractivity contribution in [2.45, 2.75) is 39.7 Å². The van der Waals surface area contributed by atoms with Crippen molar-refractivity contribution in [3.05, 3.63) is 29.6 Å². The first-order chi connectivity index (χ1) is 8.99. The summed E-state index contributed by atoms with van der Waals surface area (Å²) in [6, 6.07) is 6.86. The number of nitrogens with one attached hydrogen (secondary N) is 1. The lowest BCUT2D eigenvalue weighted by atomic mass is 9.77. The molecule has 1 unspecified atom stereocenters. The number of benzene rings is 1. The molecule has 19 heavy (non-hydrogen) atoms. The quantitative estimate of drug-likeness (QED) is 0.849. The molecule has 102 valence electrons. The fraction of sp³-hybridized carbons (Fsp3) is 0.562. The number of aryl methyl sites for hydroxylation is 2. The third-order valence-electron chi connectivity index (χ3n) is 4.46. The van der Waals surface area contributed by atoms with Gasteiger partial charge >= 0.3 is 0 Å². The summed E-state index contributed by atoms with van der Waals surface area (Å²) in [5.41, 5.74) is 3.88. The minimum absolute atomic E-state index is 0.266. The zero-order chi connectivity index (χ0) is 13.6. The third-order valence-corrected chi connectivity index (χ3v) is 4.46. The molecule has 1 atom stereocenters. The average molecular weight is 257 g/mol. The van der Waals surface area contributed by atoms with E-state index in [9.17, 15) is 0 Å². The highest BCUT2D eigenvalue weighted by Crippen LogP contribution is 2.40. The molecule has 0 saturated carbocycles. The van der Waals surface area contributed by atoms with E-state index in [0.29, 0.717) is 6.04 Å². The maximum Gasteiger partial charge on any atom is 0.127 e. The molecule has 1 fully saturated rings. The van der Waals surface area contributed by atoms with Crippen molar-refractivity contribution in [1.29, 1.82) is 0 Å². The monoisotopic (exact) mass is 257 g/mol. The van der Waals surface area contributed by atoms with Crippen LogP contribution in [0.1, 0.15) is 44.1 Å². The van der Waals surface area contributed by atoms with Crippen LogP contribution in [-0.2, 0) is 7.05 Å². The Morgan fingerprint density at radius 2 is 2.16 bits per heavy atom. The molecular weight excluding hydrogens is 234 g/mol. The van der Waals surface area contributed by atoms with E-state index in [2.05, 4.69) is 55.9 Å². The Labute approximate surface area is 115 Å². The van der Waals surface area contributed by atoms with Crippen LogP contribution in [-0.4, -0.2) is 16.1 Å². The summed E-state index contributed by atoms with van der Waals surface area (Å²) in [5, 5.41) is 3.66. The second-order valence-electron chi connectivity index (χ2n) is 6.50. The van der Waals surface area contributed by atoms with Crippen molar-refractivity contribution in [1.82, 2.24) is 14.9 Å². The van der Waals surface area contributed by atoms with Crippen LogP contribution in [0.2, 0.25) is 0 Å². The molecule has 3 rings (SSSR count). The van der Waals surface area contributed by atoms with Crippen LogP contribution in [0.25, 0.3) is 11.0 Å². The van der Waals surface area contributed by atoms with Crippen LogP contribution < -0.4 is 5.32 Å². The molecule has 2 heterocycles. The summed E-state index contributed by atoms with van der Waals surface area (Å²) < 4.78 is 2.25. The van der Waals surface area contributed by atoms with Gasteiger partial charge in [-0.2, -0.15) is 0 Å². The van der Waals surface area contributed by atoms with E-state index in [1.54, 1.807) is 0 Å². The number of rotatable bonds is 1. The number of piperidine rings is 1. The van der Waals surface area contributed by atoms with Crippen molar-refractivity contribution in [2.75, 3.05) is 6.54 Å². The van der Waals surface area contributed by atoms with Crippen molar-refractivity contribution < 1.29 is 0 Å². The number of fused-ring (bicyclic) bond motifs is 1. The van der Waals surface area contributed by atoms with Gasteiger partial charge in [-0.1, -0.05) is 19.9 Å². The standard InChI is InChI=1S/C16H23N3/c1-11-6-7-13-12(10-11)18-15(19(13)4)14-16(2,3)8-5-9-17-14/h6-7,10,14,17H,5,8-9H2,1-4H3. The van der Waals surface area contributed by atoms with Gasteiger partial charge < -0.3 is 9.88 Å². The van der Waals surface area contributed by atoms with Crippen LogP contribution in [0.15, 0.2) is 18.2 Å². The summed E-state index contributed by atoms with van der Waals surface area (Å²) in [6.07, 6.45) is 2.51. The molecular formula is C16H23N3. The van der Waals surface area contributed by atoms with Gasteiger partial charge in [0.2, 0.25) is 0 Å². The van der Waals surface area contributed by atoms with Gasteiger partial charge in [0.25, 0.3) is 0 Å². The van der Waals surface area contributed by atoms with E-state index < -0.39 is 0 Å². The van der Waals surface area contributed by atoms with Crippen LogP contribution >= 0.6 is 0 Å². The van der Waals surface area contributed by atoms with Crippen molar-refractivity contribution >= 4 is 11.0 Å². The third kappa shape index (κ3) is 2.06. The van der Waals surface area contributed by atoms with Crippen LogP contribution in [0, 0.1) is 12.3 Å². The zero-order valence-corrected chi connectivity index (χ0v) is 12.3. The topological polar surface area (TPSA) is 29.9 Å². The van der Waals surface area contributed by atoms with Gasteiger partial charge in [0.15, 0.2) is 0 Å². The molecule has 2 aromatic rings. The number of aromatic nitrogens is 2. The molecule has 0 aliphatic carbocycles. The molecule has 0 amide bonds. The minimum atomic E-state index is 0.266. The van der Waals surface area contributed by atoms with Gasteiger partial charge in [0.05, 0.1) is 17.1 Å². The van der Waals surface area contributed by atoms with E-state index >= 15 is 0 Å². The van der Waals surface area contributed by atoms with E-state index in [-0.39, 0.29) is 5.41 Å². The van der Waals surface area contributed by atoms with Gasteiger partial charge in [0.1, 0.15) is 5.82 Å². The molecule has 1 aliphatic heterocycles. The highest BCUT2D eigenvalue weighted by molar-refractivity contribution is 5.76. The Morgan fingerprint density at radius 1 is 1.37 bits per heavy atom. The normalized spacial score (nSPS) is 22.8. The van der Waals surface area contributed by atoms with Gasteiger partial charge in [-0.3, -0.25) is 0 Å². The highest BCUT2D eigenvalue weighted by atomic mass is 15.1. The first-order valence-electron chi connectivity index (χ1n) is 7.15. The molecule has 1 aliphatic rings. The van der Waals surface area contributed by atoms with Crippen molar-refractivity contribution in [3.63, 3.8) is 0 Å². The molecule has 3 heteroatoms. The number of nitrogens with zero attached hydrogens (tertiary/aromatic N) is 2. The number of hydrogen-bond acceptors (Lipinski definition) is 2. The fourth-order valence-electron chi connectivity index (χ4n) is 3.24. The maximum atomic E-state index is 4.89. The maximum absolute atomic E-state index is 4.89. The smallest absolute Gasteiger partial charge is 0.127 e. The molecule has 1 saturated heterocycles. The van der Waals surface area contributed by atoms with Gasteiger partial charge in [-0.15, -0.1) is 0 Å². The SMILES string of the molecule is Cc1ccc2c(c1)nc(C1NCCCC1(C)C)n2C. The van der Waals surface area contributed by atoms with Crippen molar-refractivity contribution in [2.24, 2.45) is 12.5 Å². The second-order valence-corrected chi connectivity index (χ2v) is 6.50. The Balaban J connectivity index is 2.12. The Kier molecular flexibility index (Phi) is 2.90. The predicted octanol–water partition coefficient (Wildman–Crippen LogP) is 3.33. The summed E-state index contributed by atoms with van der Waals surface area (Å²) in [5.74, 6) is 1.17. The summed E-state index contributed by atoms with van der Waals surface area (Å²) in [4.78, 5) is 4.89. The molecule has 0 bridgehead atoms. The fourth-order valence-corrected chi connectivity index (χ4v) is 3.24. The van der Waals surface area contributed by atoms with E-state index in [1.807, 2.05) is 0 Å². The largest absolute Gasteiger partial charge is 0.330 e. The first kappa shape index (κ1) is 12.7. The van der Waals surface area contributed by atoms with Crippen LogP contribution in [0.3, 0.4) is 0 Å². The molecule has 1 aromatic carbocycles. The molecule has 0 radical (unpaired) electrons. The van der Waals surface area contributed by atoms with E-state index in [1.165, 1.54) is 29.7 Å². The molecule has 3 nitrogen and oxygen atoms in total. The summed E-state index contributed by atoms with van der Waals surface area (Å²) in [7, 11) is 2.13. The number of imidazole rings is 1. The lowest BCUT2D eigenvalue weighted by Crippen LogP contribution is -2.41. The van der Waals surface area contributed by atoms with Crippen LogP contribution in [0.5, 0.6) is 0 Å². The predicted molar refractivity (Wildman–Crippen MR) is 79.2 cm³/mol. The number of hydrogen-bond donors (Lipinski definition) is 1. The molecule has 1 N–H and O–H groups in total. The Bertz CT molecular complexity index is 610. The Hall–Kier alpha value is -1.35. The second kappa shape index (κ2) is 4.34. The van der Waals surface area contributed by atoms with Gasteiger partial charge in [-0.25, -0.2) is 4.98 Å². The van der Waals surface area contributed by atoms with Crippen LogP contribution in [0.4, 0.5) is 0 Å². The molecule has 0 spiro atoms. The van der Waals surface area contributed by atoms with Crippen molar-refractivity contribution in [3.8, 4) is 0 Å². The Morgan fingerprint density at radius 3 is 2.89 bits per heavy atom. The minimum Gasteiger partial charge on any atom is -0.330 e. The summed E-state index contributed by atoms with van der Waals surface area (Å²) >= 11 is 0. The molecule has 1 aromatic heterocycles. The van der Waals surface area contributed by atoms with Gasteiger partial charge in [0, 0.05) is 7.05 Å².